The second kappa shape index (κ2) is 8.95. The molecule has 33 heavy (non-hydrogen) atoms. The highest BCUT2D eigenvalue weighted by atomic mass is 31.0. The molecule has 0 heterocycles. The summed E-state index contributed by atoms with van der Waals surface area (Å²) in [5.41, 5.74) is 3.60. The van der Waals surface area contributed by atoms with Crippen molar-refractivity contribution in [2.75, 3.05) is 6.61 Å². The molecule has 2 fully saturated rings. The fourth-order valence-corrected chi connectivity index (χ4v) is 7.76. The molecule has 3 aliphatic rings. The van der Waals surface area contributed by atoms with E-state index in [1.54, 1.807) is 12.1 Å². The molecule has 3 aliphatic carbocycles. The molecule has 5 unspecified atom stereocenters. The van der Waals surface area contributed by atoms with E-state index in [0.29, 0.717) is 47.4 Å². The maximum atomic E-state index is 10.9. The van der Waals surface area contributed by atoms with Crippen LogP contribution in [0.3, 0.4) is 0 Å². The first-order valence-corrected chi connectivity index (χ1v) is 12.7. The summed E-state index contributed by atoms with van der Waals surface area (Å²) in [5, 5.41) is 9.92. The second-order valence-electron chi connectivity index (χ2n) is 10.7. The van der Waals surface area contributed by atoms with Gasteiger partial charge in [0.1, 0.15) is 17.2 Å². The highest BCUT2D eigenvalue weighted by Crippen LogP contribution is 2.64. The second-order valence-corrected chi connectivity index (χ2v) is 10.9. The SMILES string of the molecule is [3H]POc1ccc2c(c1)C[C@@H](C)C1C2CCC2(C)C1CC[C@@H]2CCOc1ccc(C=O)c(O)c1. The standard InChI is InChI=1S/C28H35O4P/c1-17-13-19-14-22(32-33)6-7-23(19)24-9-11-28(2)20(4-8-25(28)27(17)24)10-12-31-21-5-3-18(16-29)26(30)15-21/h3,5-7,14-17,20,24-25,27,30H,4,8-13,33H2,1-2H3/t17-,20-,24?,25?,27?,28?/m1/s1/i33T/t17-,20-,24?,25?,27?,28?,33?. The maximum Gasteiger partial charge on any atom is 0.153 e. The van der Waals surface area contributed by atoms with Crippen molar-refractivity contribution >= 4 is 15.7 Å². The van der Waals surface area contributed by atoms with E-state index in [-0.39, 0.29) is 15.2 Å². The van der Waals surface area contributed by atoms with Gasteiger partial charge in [-0.15, -0.1) is 0 Å². The average Bonchev–Trinajstić information content (AvgIpc) is 3.15. The van der Waals surface area contributed by atoms with E-state index < -0.39 is 0 Å². The highest BCUT2D eigenvalue weighted by Gasteiger charge is 2.55. The third kappa shape index (κ3) is 3.95. The molecule has 0 aromatic heterocycles. The number of phenolic OH excluding ortho intramolecular Hbond substituents is 1. The summed E-state index contributed by atoms with van der Waals surface area (Å²) in [4.78, 5) is 10.9. The lowest BCUT2D eigenvalue weighted by Gasteiger charge is -2.53. The summed E-state index contributed by atoms with van der Waals surface area (Å²) in [6.07, 6.45) is 7.86. The molecule has 5 rings (SSSR count). The quantitative estimate of drug-likeness (QED) is 0.369. The van der Waals surface area contributed by atoms with Crippen molar-refractivity contribution in [2.45, 2.75) is 58.3 Å². The van der Waals surface area contributed by atoms with Crippen molar-refractivity contribution in [1.82, 2.24) is 0 Å². The van der Waals surface area contributed by atoms with Gasteiger partial charge in [-0.1, -0.05) is 19.9 Å². The van der Waals surface area contributed by atoms with Gasteiger partial charge in [-0.2, -0.15) is 0 Å². The largest absolute Gasteiger partial charge is 0.507 e. The molecule has 0 spiro atoms. The summed E-state index contributed by atoms with van der Waals surface area (Å²) >= 11 is 0. The molecule has 0 radical (unpaired) electrons. The first-order chi connectivity index (χ1) is 16.4. The molecule has 2 aromatic carbocycles. The Kier molecular flexibility index (Phi) is 5.82. The third-order valence-corrected chi connectivity index (χ3v) is 9.46. The Bertz CT molecular complexity index is 1060. The van der Waals surface area contributed by atoms with E-state index in [1.165, 1.54) is 42.9 Å². The van der Waals surface area contributed by atoms with E-state index in [0.717, 1.165) is 30.4 Å². The van der Waals surface area contributed by atoms with Crippen LogP contribution in [0.15, 0.2) is 36.4 Å². The van der Waals surface area contributed by atoms with Gasteiger partial charge in [0.25, 0.3) is 0 Å². The van der Waals surface area contributed by atoms with Crippen LogP contribution in [0.25, 0.3) is 0 Å². The number of ether oxygens (including phenoxy) is 1. The number of aromatic hydroxyl groups is 1. The zero-order valence-corrected chi connectivity index (χ0v) is 20.5. The lowest BCUT2D eigenvalue weighted by Crippen LogP contribution is -2.45. The maximum absolute atomic E-state index is 10.9. The molecular weight excluding hydrogens is 431 g/mol. The Balaban J connectivity index is 1.27. The molecule has 0 amide bonds. The third-order valence-electron chi connectivity index (χ3n) is 9.22. The van der Waals surface area contributed by atoms with Crippen LogP contribution in [0.1, 0.15) is 73.4 Å². The molecule has 0 bridgehead atoms. The molecular formula is C28H35O4P. The van der Waals surface area contributed by atoms with Gasteiger partial charge in [0, 0.05) is 6.07 Å². The number of fused-ring (bicyclic) bond motifs is 5. The van der Waals surface area contributed by atoms with E-state index in [1.807, 2.05) is 0 Å². The van der Waals surface area contributed by atoms with Crippen LogP contribution in [-0.4, -0.2) is 19.3 Å². The first-order valence-electron chi connectivity index (χ1n) is 12.8. The topological polar surface area (TPSA) is 55.8 Å². The van der Waals surface area contributed by atoms with Gasteiger partial charge < -0.3 is 14.4 Å². The number of phenols is 1. The fourth-order valence-electron chi connectivity index (χ4n) is 7.63. The van der Waals surface area contributed by atoms with E-state index in [2.05, 4.69) is 32.0 Å². The number of rotatable bonds is 7. The van der Waals surface area contributed by atoms with Crippen molar-refractivity contribution in [3.05, 3.63) is 53.1 Å². The summed E-state index contributed by atoms with van der Waals surface area (Å²) in [6, 6.07) is 11.4. The van der Waals surface area contributed by atoms with E-state index in [9.17, 15) is 9.90 Å². The Morgan fingerprint density at radius 3 is 2.85 bits per heavy atom. The van der Waals surface area contributed by atoms with Crippen molar-refractivity contribution in [2.24, 2.45) is 29.1 Å². The van der Waals surface area contributed by atoms with Crippen LogP contribution in [-0.2, 0) is 6.42 Å². The van der Waals surface area contributed by atoms with Gasteiger partial charge >= 0.3 is 0 Å². The number of hydrogen-bond acceptors (Lipinski definition) is 4. The van der Waals surface area contributed by atoms with E-state index in [4.69, 9.17) is 10.5 Å². The number of carbonyl (C=O) groups excluding carboxylic acids is 1. The molecule has 1 N–H and O–H groups in total. The van der Waals surface area contributed by atoms with Crippen LogP contribution in [0.4, 0.5) is 0 Å². The van der Waals surface area contributed by atoms with Crippen molar-refractivity contribution in [1.29, 1.82) is 1.28 Å². The van der Waals surface area contributed by atoms with Crippen LogP contribution in [0, 0.1) is 29.1 Å². The zero-order valence-electron chi connectivity index (χ0n) is 20.5. The van der Waals surface area contributed by atoms with Crippen molar-refractivity contribution in [3.63, 3.8) is 0 Å². The van der Waals surface area contributed by atoms with Gasteiger partial charge in [-0.25, -0.2) is 0 Å². The molecule has 2 saturated carbocycles. The minimum absolute atomic E-state index is 0.0240. The number of aldehydes is 1. The van der Waals surface area contributed by atoms with Gasteiger partial charge in [-0.05, 0) is 109 Å². The van der Waals surface area contributed by atoms with Crippen molar-refractivity contribution < 1.29 is 19.2 Å². The van der Waals surface area contributed by atoms with E-state index >= 15 is 0 Å². The molecule has 5 heteroatoms. The lowest BCUT2D eigenvalue weighted by atomic mass is 9.51. The van der Waals surface area contributed by atoms with Crippen LogP contribution >= 0.6 is 9.41 Å². The summed E-state index contributed by atoms with van der Waals surface area (Å²) < 4.78 is 18.8. The molecule has 2 aromatic rings. The zero-order chi connectivity index (χ0) is 23.9. The predicted octanol–water partition coefficient (Wildman–Crippen LogP) is 6.56. The molecule has 7 atom stereocenters. The van der Waals surface area contributed by atoms with Crippen LogP contribution in [0.2, 0.25) is 0 Å². The molecule has 0 aliphatic heterocycles. The normalized spacial score (nSPS) is 33.2. The minimum atomic E-state index is -0.261. The summed E-state index contributed by atoms with van der Waals surface area (Å²) in [5.74, 6) is 4.87. The molecule has 0 saturated heterocycles. The van der Waals surface area contributed by atoms with Gasteiger partial charge in [0.2, 0.25) is 0 Å². The smallest absolute Gasteiger partial charge is 0.153 e. The number of benzene rings is 2. The summed E-state index contributed by atoms with van der Waals surface area (Å²) in [6.45, 7) is 5.61. The Morgan fingerprint density at radius 1 is 1.21 bits per heavy atom. The number of carbonyl (C=O) groups is 1. The monoisotopic (exact) mass is 468 g/mol. The average molecular weight is 469 g/mol. The molecule has 176 valence electrons. The van der Waals surface area contributed by atoms with Gasteiger partial charge in [0.15, 0.2) is 6.29 Å². The number of hydrogen-bond donors (Lipinski definition) is 1. The van der Waals surface area contributed by atoms with Crippen LogP contribution in [0.5, 0.6) is 17.2 Å². The Morgan fingerprint density at radius 2 is 2.06 bits per heavy atom. The van der Waals surface area contributed by atoms with Gasteiger partial charge in [-0.3, -0.25) is 4.79 Å². The Labute approximate surface area is 200 Å². The van der Waals surface area contributed by atoms with Crippen LogP contribution < -0.4 is 9.26 Å². The minimum Gasteiger partial charge on any atom is -0.507 e. The first kappa shape index (κ1) is 21.5. The lowest BCUT2D eigenvalue weighted by molar-refractivity contribution is 0.000928. The predicted molar refractivity (Wildman–Crippen MR) is 133 cm³/mol. The van der Waals surface area contributed by atoms with Gasteiger partial charge in [0.05, 0.1) is 22.9 Å². The van der Waals surface area contributed by atoms with Crippen molar-refractivity contribution in [3.8, 4) is 17.2 Å². The molecule has 4 nitrogen and oxygen atoms in total. The fraction of sp³-hybridized carbons (Fsp3) is 0.536. The summed E-state index contributed by atoms with van der Waals surface area (Å²) in [7, 11) is -0.261. The highest BCUT2D eigenvalue weighted by molar-refractivity contribution is 7.10. The Hall–Kier alpha value is -2.06.